The normalized spacial score (nSPS) is 26.4. The zero-order valence-corrected chi connectivity index (χ0v) is 14.3. The van der Waals surface area contributed by atoms with Crippen molar-refractivity contribution < 1.29 is 23.1 Å². The minimum absolute atomic E-state index is 0.0181. The number of aliphatic hydroxyl groups is 1. The Bertz CT molecular complexity index is 834. The Hall–Kier alpha value is -1.67. The fraction of sp³-hybridized carbons (Fsp3) is 0.529. The first kappa shape index (κ1) is 16.8. The minimum Gasteiger partial charge on any atom is -0.393 e. The average Bonchev–Trinajstić information content (AvgIpc) is 3.01. The molecule has 4 nitrogen and oxygen atoms in total. The highest BCUT2D eigenvalue weighted by atomic mass is 32.1. The zero-order valence-electron chi connectivity index (χ0n) is 13.5. The highest BCUT2D eigenvalue weighted by Crippen LogP contribution is 2.40. The summed E-state index contributed by atoms with van der Waals surface area (Å²) in [5, 5.41) is 10.5. The molecular weight excluding hydrogens is 353 g/mol. The van der Waals surface area contributed by atoms with Crippen molar-refractivity contribution in [1.82, 2.24) is 9.88 Å². The number of fused-ring (bicyclic) bond motifs is 3. The van der Waals surface area contributed by atoms with E-state index in [1.165, 1.54) is 6.07 Å². The number of pyridine rings is 1. The molecule has 0 radical (unpaired) electrons. The minimum atomic E-state index is -4.50. The van der Waals surface area contributed by atoms with Crippen molar-refractivity contribution in [2.75, 3.05) is 0 Å². The third-order valence-electron chi connectivity index (χ3n) is 5.23. The maximum absolute atomic E-state index is 13.0. The number of halogens is 3. The molecule has 2 aliphatic heterocycles. The number of hydrogen-bond acceptors (Lipinski definition) is 4. The zero-order chi connectivity index (χ0) is 17.9. The fourth-order valence-electron chi connectivity index (χ4n) is 4.06. The summed E-state index contributed by atoms with van der Waals surface area (Å²) in [5.74, 6) is -0.145. The van der Waals surface area contributed by atoms with Gasteiger partial charge < -0.3 is 10.0 Å². The quantitative estimate of drug-likeness (QED) is 0.832. The number of carbonyl (C=O) groups is 1. The van der Waals surface area contributed by atoms with Crippen molar-refractivity contribution in [2.45, 2.75) is 57.0 Å². The molecule has 4 heterocycles. The van der Waals surface area contributed by atoms with Crippen LogP contribution in [0.25, 0.3) is 10.2 Å². The van der Waals surface area contributed by atoms with E-state index in [-0.39, 0.29) is 28.9 Å². The van der Waals surface area contributed by atoms with Crippen LogP contribution in [0.15, 0.2) is 12.1 Å². The molecule has 1 N–H and O–H groups in total. The van der Waals surface area contributed by atoms with Gasteiger partial charge in [-0.2, -0.15) is 13.2 Å². The van der Waals surface area contributed by atoms with Crippen molar-refractivity contribution >= 4 is 27.5 Å². The number of hydrogen-bond donors (Lipinski definition) is 1. The van der Waals surface area contributed by atoms with E-state index in [1.807, 2.05) is 4.90 Å². The first-order valence-corrected chi connectivity index (χ1v) is 9.05. The van der Waals surface area contributed by atoms with Gasteiger partial charge in [-0.05, 0) is 50.3 Å². The smallest absolute Gasteiger partial charge is 0.393 e. The third-order valence-corrected chi connectivity index (χ3v) is 6.42. The van der Waals surface area contributed by atoms with Gasteiger partial charge in [-0.3, -0.25) is 4.79 Å². The van der Waals surface area contributed by atoms with E-state index in [0.717, 1.165) is 30.2 Å². The van der Waals surface area contributed by atoms with Gasteiger partial charge in [0.1, 0.15) is 10.5 Å². The van der Waals surface area contributed by atoms with Crippen molar-refractivity contribution in [3.05, 3.63) is 28.3 Å². The van der Waals surface area contributed by atoms with Gasteiger partial charge in [-0.1, -0.05) is 0 Å². The molecule has 2 saturated heterocycles. The lowest BCUT2D eigenvalue weighted by Gasteiger charge is -2.37. The molecule has 0 aromatic carbocycles. The van der Waals surface area contributed by atoms with Gasteiger partial charge in [0.25, 0.3) is 5.91 Å². The number of aliphatic hydroxyl groups excluding tert-OH is 1. The highest BCUT2D eigenvalue weighted by molar-refractivity contribution is 7.20. The van der Waals surface area contributed by atoms with Crippen molar-refractivity contribution in [1.29, 1.82) is 0 Å². The van der Waals surface area contributed by atoms with E-state index >= 15 is 0 Å². The van der Waals surface area contributed by atoms with E-state index in [2.05, 4.69) is 4.98 Å². The molecule has 2 aromatic rings. The Balaban J connectivity index is 1.72. The molecule has 2 atom stereocenters. The maximum Gasteiger partial charge on any atom is 0.433 e. The molecule has 1 amide bonds. The van der Waals surface area contributed by atoms with E-state index in [1.54, 1.807) is 6.92 Å². The number of aryl methyl sites for hydroxylation is 1. The van der Waals surface area contributed by atoms with Crippen LogP contribution in [-0.2, 0) is 6.18 Å². The van der Waals surface area contributed by atoms with Gasteiger partial charge >= 0.3 is 6.18 Å². The standard InChI is InChI=1S/C17H17F3N2O2S/c1-8-12-4-5-13(17(18,19)20)21-15(12)25-14(8)16(24)22-9-2-3-10(22)7-11(23)6-9/h4-5,9-11,23H,2-3,6-7H2,1H3. The number of carbonyl (C=O) groups excluding carboxylic acids is 1. The Morgan fingerprint density at radius 1 is 1.28 bits per heavy atom. The Kier molecular flexibility index (Phi) is 3.81. The van der Waals surface area contributed by atoms with Crippen LogP contribution in [0, 0.1) is 6.92 Å². The molecule has 2 fully saturated rings. The second-order valence-electron chi connectivity index (χ2n) is 6.83. The Morgan fingerprint density at radius 3 is 2.52 bits per heavy atom. The predicted octanol–water partition coefficient (Wildman–Crippen LogP) is 3.75. The molecule has 0 aliphatic carbocycles. The summed E-state index contributed by atoms with van der Waals surface area (Å²) < 4.78 is 38.6. The van der Waals surface area contributed by atoms with Crippen LogP contribution < -0.4 is 0 Å². The van der Waals surface area contributed by atoms with Gasteiger partial charge in [0.05, 0.1) is 11.0 Å². The maximum atomic E-state index is 13.0. The molecule has 2 aliphatic rings. The van der Waals surface area contributed by atoms with Gasteiger partial charge in [0.2, 0.25) is 0 Å². The molecule has 2 aromatic heterocycles. The molecule has 2 unspecified atom stereocenters. The second-order valence-corrected chi connectivity index (χ2v) is 7.82. The lowest BCUT2D eigenvalue weighted by atomic mass is 9.99. The SMILES string of the molecule is Cc1c(C(=O)N2C3CCC2CC(O)C3)sc2nc(C(F)(F)F)ccc12. The van der Waals surface area contributed by atoms with Gasteiger partial charge in [0, 0.05) is 17.5 Å². The molecule has 2 bridgehead atoms. The summed E-state index contributed by atoms with van der Waals surface area (Å²) in [4.78, 5) is 19.3. The number of thiophene rings is 1. The van der Waals surface area contributed by atoms with Crippen LogP contribution in [0.3, 0.4) is 0 Å². The van der Waals surface area contributed by atoms with E-state index < -0.39 is 11.9 Å². The third kappa shape index (κ3) is 2.71. The van der Waals surface area contributed by atoms with E-state index in [9.17, 15) is 23.1 Å². The van der Waals surface area contributed by atoms with Crippen LogP contribution >= 0.6 is 11.3 Å². The Morgan fingerprint density at radius 2 is 1.92 bits per heavy atom. The monoisotopic (exact) mass is 370 g/mol. The molecule has 0 spiro atoms. The van der Waals surface area contributed by atoms with Crippen LogP contribution in [0.4, 0.5) is 13.2 Å². The summed E-state index contributed by atoms with van der Waals surface area (Å²) in [7, 11) is 0. The van der Waals surface area contributed by atoms with E-state index in [0.29, 0.717) is 28.7 Å². The Labute approximate surface area is 146 Å². The van der Waals surface area contributed by atoms with Gasteiger partial charge in [-0.15, -0.1) is 11.3 Å². The number of amides is 1. The van der Waals surface area contributed by atoms with Crippen molar-refractivity contribution in [3.63, 3.8) is 0 Å². The highest BCUT2D eigenvalue weighted by Gasteiger charge is 2.43. The summed E-state index contributed by atoms with van der Waals surface area (Å²) >= 11 is 1.02. The number of rotatable bonds is 1. The van der Waals surface area contributed by atoms with Crippen LogP contribution in [0.5, 0.6) is 0 Å². The molecular formula is C17H17F3N2O2S. The van der Waals surface area contributed by atoms with Crippen LogP contribution in [-0.4, -0.2) is 39.1 Å². The average molecular weight is 370 g/mol. The fourth-order valence-corrected chi connectivity index (χ4v) is 5.18. The number of alkyl halides is 3. The van der Waals surface area contributed by atoms with Crippen molar-refractivity contribution in [2.24, 2.45) is 0 Å². The van der Waals surface area contributed by atoms with Crippen LogP contribution in [0.1, 0.15) is 46.6 Å². The molecule has 4 rings (SSSR count). The molecule has 8 heteroatoms. The predicted molar refractivity (Wildman–Crippen MR) is 87.6 cm³/mol. The first-order chi connectivity index (χ1) is 11.8. The molecule has 0 saturated carbocycles. The number of piperidine rings is 1. The lowest BCUT2D eigenvalue weighted by molar-refractivity contribution is -0.140. The molecule has 25 heavy (non-hydrogen) atoms. The van der Waals surface area contributed by atoms with Gasteiger partial charge in [0.15, 0.2) is 0 Å². The first-order valence-electron chi connectivity index (χ1n) is 8.23. The summed E-state index contributed by atoms with van der Waals surface area (Å²) in [6, 6.07) is 2.38. The van der Waals surface area contributed by atoms with Crippen molar-refractivity contribution in [3.8, 4) is 0 Å². The second kappa shape index (κ2) is 5.67. The van der Waals surface area contributed by atoms with Crippen LogP contribution in [0.2, 0.25) is 0 Å². The number of aromatic nitrogens is 1. The summed E-state index contributed by atoms with van der Waals surface area (Å²) in [6.07, 6.45) is -1.99. The largest absolute Gasteiger partial charge is 0.433 e. The van der Waals surface area contributed by atoms with Gasteiger partial charge in [-0.25, -0.2) is 4.98 Å². The number of nitrogens with zero attached hydrogens (tertiary/aromatic N) is 2. The van der Waals surface area contributed by atoms with E-state index in [4.69, 9.17) is 0 Å². The summed E-state index contributed by atoms with van der Waals surface area (Å²) in [5.41, 5.74) is -0.266. The summed E-state index contributed by atoms with van der Waals surface area (Å²) in [6.45, 7) is 1.75. The lowest BCUT2D eigenvalue weighted by Crippen LogP contribution is -2.47. The topological polar surface area (TPSA) is 53.4 Å². The molecule has 134 valence electrons.